The molecule has 1 atom stereocenters. The van der Waals surface area contributed by atoms with Crippen molar-refractivity contribution >= 4 is 17.8 Å². The van der Waals surface area contributed by atoms with Crippen LogP contribution in [0.3, 0.4) is 0 Å². The van der Waals surface area contributed by atoms with E-state index < -0.39 is 29.5 Å². The zero-order valence-corrected chi connectivity index (χ0v) is 13.7. The zero-order valence-electron chi connectivity index (χ0n) is 13.7. The van der Waals surface area contributed by atoms with Crippen molar-refractivity contribution in [3.8, 4) is 0 Å². The van der Waals surface area contributed by atoms with E-state index >= 15 is 0 Å². The number of cyclic esters (lactones) is 1. The van der Waals surface area contributed by atoms with Crippen LogP contribution in [0.1, 0.15) is 48.0 Å². The third kappa shape index (κ3) is 3.00. The highest BCUT2D eigenvalue weighted by atomic mass is 16.6. The zero-order chi connectivity index (χ0) is 17.2. The molecule has 24 heavy (non-hydrogen) atoms. The lowest BCUT2D eigenvalue weighted by molar-refractivity contribution is -0.154. The third-order valence-corrected chi connectivity index (χ3v) is 4.83. The minimum atomic E-state index is -1.01. The van der Waals surface area contributed by atoms with E-state index in [0.29, 0.717) is 24.8 Å². The van der Waals surface area contributed by atoms with Gasteiger partial charge in [0, 0.05) is 6.42 Å². The van der Waals surface area contributed by atoms with Crippen LogP contribution in [-0.4, -0.2) is 36.6 Å². The second-order valence-corrected chi connectivity index (χ2v) is 6.38. The van der Waals surface area contributed by atoms with Gasteiger partial charge in [-0.05, 0) is 24.5 Å². The Balaban J connectivity index is 1.77. The highest BCUT2D eigenvalue weighted by Crippen LogP contribution is 2.30. The fourth-order valence-corrected chi connectivity index (χ4v) is 3.52. The topological polar surface area (TPSA) is 81.7 Å². The average Bonchev–Trinajstić information content (AvgIpc) is 2.61. The van der Waals surface area contributed by atoms with Crippen LogP contribution < -0.4 is 5.32 Å². The summed E-state index contributed by atoms with van der Waals surface area (Å²) >= 11 is 0. The van der Waals surface area contributed by atoms with Crippen LogP contribution in [-0.2, 0) is 25.5 Å². The van der Waals surface area contributed by atoms with E-state index in [0.717, 1.165) is 24.8 Å². The molecule has 3 rings (SSSR count). The maximum Gasteiger partial charge on any atom is 0.339 e. The molecule has 0 unspecified atom stereocenters. The largest absolute Gasteiger partial charge is 0.467 e. The molecule has 6 heteroatoms. The molecule has 6 nitrogen and oxygen atoms in total. The van der Waals surface area contributed by atoms with Gasteiger partial charge in [0.1, 0.15) is 5.54 Å². The maximum atomic E-state index is 12.7. The van der Waals surface area contributed by atoms with E-state index in [-0.39, 0.29) is 0 Å². The minimum Gasteiger partial charge on any atom is -0.467 e. The molecule has 1 N–H and O–H groups in total. The summed E-state index contributed by atoms with van der Waals surface area (Å²) in [6, 6.07) is 7.08. The summed E-state index contributed by atoms with van der Waals surface area (Å²) in [6.07, 6.45) is 3.21. The average molecular weight is 331 g/mol. The lowest BCUT2D eigenvalue weighted by Crippen LogP contribution is -2.59. The number of carbonyl (C=O) groups is 3. The fourth-order valence-electron chi connectivity index (χ4n) is 3.52. The van der Waals surface area contributed by atoms with Crippen LogP contribution in [0.25, 0.3) is 0 Å². The predicted molar refractivity (Wildman–Crippen MR) is 85.3 cm³/mol. The van der Waals surface area contributed by atoms with E-state index in [2.05, 4.69) is 5.32 Å². The van der Waals surface area contributed by atoms with Crippen LogP contribution in [0.15, 0.2) is 24.3 Å². The molecule has 1 fully saturated rings. The Hall–Kier alpha value is -2.37. The number of hydrogen-bond acceptors (Lipinski definition) is 5. The number of rotatable bonds is 3. The Morgan fingerprint density at radius 3 is 2.62 bits per heavy atom. The van der Waals surface area contributed by atoms with Crippen molar-refractivity contribution in [3.63, 3.8) is 0 Å². The molecule has 1 amide bonds. The summed E-state index contributed by atoms with van der Waals surface area (Å²) in [5.41, 5.74) is 0.263. The first-order valence-electron chi connectivity index (χ1n) is 8.25. The SMILES string of the molecule is COC(=O)C1(NC(=O)[C@H]2Cc3ccccc3C(=O)O2)CCCCC1. The van der Waals surface area contributed by atoms with E-state index in [1.54, 1.807) is 12.1 Å². The molecular weight excluding hydrogens is 310 g/mol. The van der Waals surface area contributed by atoms with Gasteiger partial charge in [-0.25, -0.2) is 9.59 Å². The van der Waals surface area contributed by atoms with Gasteiger partial charge < -0.3 is 14.8 Å². The Labute approximate surface area is 140 Å². The molecule has 1 aliphatic carbocycles. The van der Waals surface area contributed by atoms with Gasteiger partial charge in [-0.2, -0.15) is 0 Å². The summed E-state index contributed by atoms with van der Waals surface area (Å²) < 4.78 is 10.2. The number of fused-ring (bicyclic) bond motifs is 1. The van der Waals surface area contributed by atoms with E-state index in [9.17, 15) is 14.4 Å². The van der Waals surface area contributed by atoms with Crippen molar-refractivity contribution in [3.05, 3.63) is 35.4 Å². The summed E-state index contributed by atoms with van der Waals surface area (Å²) in [5, 5.41) is 2.81. The van der Waals surface area contributed by atoms with Crippen molar-refractivity contribution in [2.24, 2.45) is 0 Å². The summed E-state index contributed by atoms with van der Waals surface area (Å²) in [6.45, 7) is 0. The first kappa shape index (κ1) is 16.5. The number of methoxy groups -OCH3 is 1. The molecule has 2 aliphatic rings. The first-order chi connectivity index (χ1) is 11.6. The van der Waals surface area contributed by atoms with Crippen LogP contribution in [0.5, 0.6) is 0 Å². The fraction of sp³-hybridized carbons (Fsp3) is 0.500. The Kier molecular flexibility index (Phi) is 4.55. The molecule has 1 saturated carbocycles. The van der Waals surface area contributed by atoms with Crippen LogP contribution in [0, 0.1) is 0 Å². The third-order valence-electron chi connectivity index (χ3n) is 4.83. The summed E-state index contributed by atoms with van der Waals surface area (Å²) in [4.78, 5) is 36.9. The standard InChI is InChI=1S/C18H21NO5/c1-23-17(22)18(9-5-2-6-10-18)19-15(20)14-11-12-7-3-4-8-13(12)16(21)24-14/h3-4,7-8,14H,2,5-6,9-11H2,1H3,(H,19,20)/t14-/m1/s1. The van der Waals surface area contributed by atoms with Crippen LogP contribution in [0.2, 0.25) is 0 Å². The highest BCUT2D eigenvalue weighted by Gasteiger charge is 2.44. The molecule has 128 valence electrons. The van der Waals surface area contributed by atoms with Crippen molar-refractivity contribution in [1.82, 2.24) is 5.32 Å². The van der Waals surface area contributed by atoms with Crippen molar-refractivity contribution < 1.29 is 23.9 Å². The molecule has 0 bridgehead atoms. The van der Waals surface area contributed by atoms with Gasteiger partial charge >= 0.3 is 11.9 Å². The normalized spacial score (nSPS) is 22.0. The number of amides is 1. The van der Waals surface area contributed by atoms with Crippen molar-refractivity contribution in [2.75, 3.05) is 7.11 Å². The Bertz CT molecular complexity index is 663. The number of ether oxygens (including phenoxy) is 2. The Morgan fingerprint density at radius 2 is 1.92 bits per heavy atom. The number of hydrogen-bond donors (Lipinski definition) is 1. The molecular formula is C18H21NO5. The molecule has 0 spiro atoms. The summed E-state index contributed by atoms with van der Waals surface area (Å²) in [5.74, 6) is -1.38. The quantitative estimate of drug-likeness (QED) is 0.854. The maximum absolute atomic E-state index is 12.7. The van der Waals surface area contributed by atoms with Gasteiger partial charge in [0.05, 0.1) is 12.7 Å². The summed E-state index contributed by atoms with van der Waals surface area (Å²) in [7, 11) is 1.32. The molecule has 1 aromatic rings. The first-order valence-corrected chi connectivity index (χ1v) is 8.25. The number of benzene rings is 1. The van der Waals surface area contributed by atoms with Crippen molar-refractivity contribution in [1.29, 1.82) is 0 Å². The monoisotopic (exact) mass is 331 g/mol. The second-order valence-electron chi connectivity index (χ2n) is 6.38. The molecule has 1 aromatic carbocycles. The van der Waals surface area contributed by atoms with Gasteiger partial charge in [-0.1, -0.05) is 37.5 Å². The van der Waals surface area contributed by atoms with Gasteiger partial charge in [0.25, 0.3) is 5.91 Å². The smallest absolute Gasteiger partial charge is 0.339 e. The Morgan fingerprint density at radius 1 is 1.21 bits per heavy atom. The predicted octanol–water partition coefficient (Wildman–Crippen LogP) is 1.76. The number of carbonyl (C=O) groups excluding carboxylic acids is 3. The van der Waals surface area contributed by atoms with E-state index in [1.165, 1.54) is 7.11 Å². The van der Waals surface area contributed by atoms with Gasteiger partial charge in [-0.3, -0.25) is 4.79 Å². The van der Waals surface area contributed by atoms with Gasteiger partial charge in [0.2, 0.25) is 0 Å². The number of esters is 2. The molecule has 0 saturated heterocycles. The van der Waals surface area contributed by atoms with E-state index in [4.69, 9.17) is 9.47 Å². The molecule has 0 radical (unpaired) electrons. The minimum absolute atomic E-state index is 0.311. The molecule has 1 aliphatic heterocycles. The lowest BCUT2D eigenvalue weighted by atomic mass is 9.81. The molecule has 0 aromatic heterocycles. The lowest BCUT2D eigenvalue weighted by Gasteiger charge is -2.36. The van der Waals surface area contributed by atoms with Crippen LogP contribution in [0.4, 0.5) is 0 Å². The van der Waals surface area contributed by atoms with E-state index in [1.807, 2.05) is 12.1 Å². The number of nitrogens with one attached hydrogen (secondary N) is 1. The van der Waals surface area contributed by atoms with Crippen LogP contribution >= 0.6 is 0 Å². The highest BCUT2D eigenvalue weighted by molar-refractivity contribution is 5.97. The van der Waals surface area contributed by atoms with Crippen molar-refractivity contribution in [2.45, 2.75) is 50.2 Å². The van der Waals surface area contributed by atoms with Gasteiger partial charge in [0.15, 0.2) is 6.10 Å². The van der Waals surface area contributed by atoms with Gasteiger partial charge in [-0.15, -0.1) is 0 Å². The second kappa shape index (κ2) is 6.63. The molecule has 1 heterocycles.